The average Bonchev–Trinajstić information content (AvgIpc) is 2.67. The molecule has 184 valence electrons. The second-order valence-corrected chi connectivity index (χ2v) is 9.56. The number of ether oxygens (including phenoxy) is 1. The summed E-state index contributed by atoms with van der Waals surface area (Å²) >= 11 is 6.03. The number of carbonyl (C=O) groups is 3. The molecule has 1 aromatic heterocycles. The molecule has 9 nitrogen and oxygen atoms in total. The maximum atomic E-state index is 12.9. The molecule has 2 atom stereocenters. The van der Waals surface area contributed by atoms with Gasteiger partial charge in [-0.2, -0.15) is 0 Å². The number of halogens is 1. The van der Waals surface area contributed by atoms with Gasteiger partial charge in [-0.1, -0.05) is 29.3 Å². The molecule has 0 aliphatic carbocycles. The van der Waals surface area contributed by atoms with Crippen molar-refractivity contribution in [2.75, 3.05) is 10.6 Å². The maximum Gasteiger partial charge on any atom is 0.328 e. The molecule has 0 radical (unpaired) electrons. The number of aryl methyl sites for hydroxylation is 3. The minimum Gasteiger partial charge on any atom is -0.480 e. The predicted octanol–water partition coefficient (Wildman–Crippen LogP) is 4.69. The zero-order valence-corrected chi connectivity index (χ0v) is 21.1. The van der Waals surface area contributed by atoms with E-state index >= 15 is 0 Å². The fourth-order valence-electron chi connectivity index (χ4n) is 3.57. The van der Waals surface area contributed by atoms with E-state index in [9.17, 15) is 19.5 Å². The van der Waals surface area contributed by atoms with Gasteiger partial charge in [-0.25, -0.2) is 14.6 Å². The number of carboxylic acids is 1. The van der Waals surface area contributed by atoms with Gasteiger partial charge in [0.05, 0.1) is 22.4 Å². The van der Waals surface area contributed by atoms with Crippen LogP contribution in [-0.2, 0) is 9.53 Å². The van der Waals surface area contributed by atoms with E-state index in [0.29, 0.717) is 5.69 Å². The Kier molecular flexibility index (Phi) is 8.63. The van der Waals surface area contributed by atoms with Gasteiger partial charge in [0.15, 0.2) is 11.7 Å². The second-order valence-electron chi connectivity index (χ2n) is 9.13. The van der Waals surface area contributed by atoms with Gasteiger partial charge in [0.25, 0.3) is 5.91 Å². The summed E-state index contributed by atoms with van der Waals surface area (Å²) in [5, 5.41) is 17.6. The molecule has 0 spiro atoms. The molecule has 2 rings (SSSR count). The van der Waals surface area contributed by atoms with Crippen LogP contribution in [0.5, 0.6) is 0 Å². The van der Waals surface area contributed by atoms with Gasteiger partial charge >= 0.3 is 12.0 Å². The summed E-state index contributed by atoms with van der Waals surface area (Å²) < 4.78 is 5.69. The highest BCUT2D eigenvalue weighted by Crippen LogP contribution is 2.24. The first-order valence-electron chi connectivity index (χ1n) is 10.7. The van der Waals surface area contributed by atoms with Crippen LogP contribution in [0.1, 0.15) is 54.9 Å². The average molecular weight is 491 g/mol. The maximum absolute atomic E-state index is 12.9. The summed E-state index contributed by atoms with van der Waals surface area (Å²) in [5.41, 5.74) is 2.69. The van der Waals surface area contributed by atoms with Crippen molar-refractivity contribution < 1.29 is 24.2 Å². The van der Waals surface area contributed by atoms with E-state index in [2.05, 4.69) is 20.9 Å². The Morgan fingerprint density at radius 2 is 1.65 bits per heavy atom. The monoisotopic (exact) mass is 490 g/mol. The van der Waals surface area contributed by atoms with E-state index in [0.717, 1.165) is 16.7 Å². The smallest absolute Gasteiger partial charge is 0.328 e. The fourth-order valence-corrected chi connectivity index (χ4v) is 3.73. The quantitative estimate of drug-likeness (QED) is 0.445. The fraction of sp³-hybridized carbons (Fsp3) is 0.417. The van der Waals surface area contributed by atoms with Gasteiger partial charge in [-0.15, -0.1) is 0 Å². The number of nitrogens with one attached hydrogen (secondary N) is 3. The summed E-state index contributed by atoms with van der Waals surface area (Å²) in [5.74, 6) is -2.07. The number of carbonyl (C=O) groups excluding carboxylic acids is 2. The van der Waals surface area contributed by atoms with Crippen molar-refractivity contribution >= 4 is 40.9 Å². The van der Waals surface area contributed by atoms with Crippen molar-refractivity contribution in [2.24, 2.45) is 0 Å². The van der Waals surface area contributed by atoms with Crippen molar-refractivity contribution in [3.8, 4) is 0 Å². The summed E-state index contributed by atoms with van der Waals surface area (Å²) in [6.45, 7) is 12.6. The molecule has 0 aliphatic heterocycles. The highest BCUT2D eigenvalue weighted by atomic mass is 35.5. The Labute approximate surface area is 204 Å². The Balaban J connectivity index is 2.26. The first kappa shape index (κ1) is 27.1. The molecular weight excluding hydrogens is 460 g/mol. The van der Waals surface area contributed by atoms with E-state index < -0.39 is 35.7 Å². The molecule has 1 aromatic carbocycles. The van der Waals surface area contributed by atoms with E-state index in [-0.39, 0.29) is 16.4 Å². The topological polar surface area (TPSA) is 130 Å². The van der Waals surface area contributed by atoms with Crippen molar-refractivity contribution in [1.29, 1.82) is 0 Å². The number of hydrogen-bond donors (Lipinski definition) is 4. The number of urea groups is 1. The molecule has 4 N–H and O–H groups in total. The molecule has 3 amide bonds. The van der Waals surface area contributed by atoms with E-state index in [1.807, 2.05) is 32.9 Å². The number of nitrogens with zero attached hydrogens (tertiary/aromatic N) is 1. The normalized spacial score (nSPS) is 13.1. The molecule has 0 unspecified atom stereocenters. The summed E-state index contributed by atoms with van der Waals surface area (Å²) in [4.78, 5) is 41.5. The number of benzene rings is 1. The van der Waals surface area contributed by atoms with Crippen molar-refractivity contribution in [1.82, 2.24) is 10.3 Å². The van der Waals surface area contributed by atoms with E-state index in [4.69, 9.17) is 16.3 Å². The number of aliphatic carboxylic acids is 1. The van der Waals surface area contributed by atoms with E-state index in [1.165, 1.54) is 12.3 Å². The first-order chi connectivity index (χ1) is 15.7. The molecule has 1 heterocycles. The summed E-state index contributed by atoms with van der Waals surface area (Å²) in [6.07, 6.45) is 0.402. The molecule has 34 heavy (non-hydrogen) atoms. The predicted molar refractivity (Wildman–Crippen MR) is 132 cm³/mol. The van der Waals surface area contributed by atoms with Crippen LogP contribution in [0.2, 0.25) is 5.02 Å². The van der Waals surface area contributed by atoms with Crippen LogP contribution in [0.4, 0.5) is 16.2 Å². The minimum atomic E-state index is -1.34. The Morgan fingerprint density at radius 1 is 1.06 bits per heavy atom. The number of hydrogen-bond acceptors (Lipinski definition) is 5. The van der Waals surface area contributed by atoms with Crippen molar-refractivity contribution in [2.45, 2.75) is 66.2 Å². The van der Waals surface area contributed by atoms with Gasteiger partial charge < -0.3 is 25.8 Å². The lowest BCUT2D eigenvalue weighted by atomic mass is 10.1. The van der Waals surface area contributed by atoms with Crippen LogP contribution < -0.4 is 16.0 Å². The number of pyridine rings is 1. The molecule has 0 aliphatic rings. The van der Waals surface area contributed by atoms with Crippen LogP contribution >= 0.6 is 11.6 Å². The molecule has 10 heteroatoms. The number of anilines is 2. The third-order valence-corrected chi connectivity index (χ3v) is 5.00. The van der Waals surface area contributed by atoms with Crippen molar-refractivity contribution in [3.05, 3.63) is 51.8 Å². The van der Waals surface area contributed by atoms with Crippen LogP contribution in [0.15, 0.2) is 24.4 Å². The van der Waals surface area contributed by atoms with Crippen LogP contribution in [0.3, 0.4) is 0 Å². The highest BCUT2D eigenvalue weighted by Gasteiger charge is 2.31. The van der Waals surface area contributed by atoms with Crippen LogP contribution in [0.25, 0.3) is 0 Å². The zero-order chi connectivity index (χ0) is 25.8. The Morgan fingerprint density at radius 3 is 2.18 bits per heavy atom. The molecule has 0 fully saturated rings. The first-order valence-corrected chi connectivity index (χ1v) is 11.1. The molecule has 0 bridgehead atoms. The molecule has 0 saturated carbocycles. The van der Waals surface area contributed by atoms with Gasteiger partial charge in [-0.3, -0.25) is 4.79 Å². The molecule has 2 aromatic rings. The van der Waals surface area contributed by atoms with E-state index in [1.54, 1.807) is 27.7 Å². The number of amides is 3. The Bertz CT molecular complexity index is 1070. The second kappa shape index (κ2) is 10.8. The lowest BCUT2D eigenvalue weighted by molar-refractivity contribution is -0.146. The minimum absolute atomic E-state index is 0.0263. The largest absolute Gasteiger partial charge is 0.480 e. The molecule has 0 saturated heterocycles. The van der Waals surface area contributed by atoms with Gasteiger partial charge in [-0.05, 0) is 65.7 Å². The van der Waals surface area contributed by atoms with Gasteiger partial charge in [0, 0.05) is 11.9 Å². The summed E-state index contributed by atoms with van der Waals surface area (Å²) in [6, 6.07) is 3.30. The van der Waals surface area contributed by atoms with Crippen molar-refractivity contribution in [3.63, 3.8) is 0 Å². The highest BCUT2D eigenvalue weighted by molar-refractivity contribution is 6.31. The standard InChI is InChI=1S/C24H31ClN4O5/c1-12-8-13(2)18(14(3)9-12)29-23(33)27-17-10-16(25)11-26-20(17)21(30)28-19(22(31)32)15(4)34-24(5,6)7/h8-11,15,19H,1-7H3,(H,28,30)(H,31,32)(H2,27,29,33)/t15-,19-/m0/s1. The molecular formula is C24H31ClN4O5. The van der Waals surface area contributed by atoms with Crippen LogP contribution in [0, 0.1) is 20.8 Å². The lowest BCUT2D eigenvalue weighted by Crippen LogP contribution is -2.50. The lowest BCUT2D eigenvalue weighted by Gasteiger charge is -2.29. The third-order valence-electron chi connectivity index (χ3n) is 4.79. The van der Waals surface area contributed by atoms with Gasteiger partial charge in [0.1, 0.15) is 0 Å². The zero-order valence-electron chi connectivity index (χ0n) is 20.4. The number of carboxylic acid groups (broad SMARTS) is 1. The van der Waals surface area contributed by atoms with Gasteiger partial charge in [0.2, 0.25) is 0 Å². The third kappa shape index (κ3) is 7.43. The number of rotatable bonds is 7. The Hall–Kier alpha value is -3.17. The SMILES string of the molecule is Cc1cc(C)c(NC(=O)Nc2cc(Cl)cnc2C(=O)N[C@H](C(=O)O)[C@H](C)OC(C)(C)C)c(C)c1. The van der Waals surface area contributed by atoms with Crippen LogP contribution in [-0.4, -0.2) is 45.7 Å². The summed E-state index contributed by atoms with van der Waals surface area (Å²) in [7, 11) is 0. The number of aromatic nitrogens is 1.